The molecule has 2 nitrogen and oxygen atoms in total. The molecule has 0 amide bonds. The van der Waals surface area contributed by atoms with Gasteiger partial charge in [-0.25, -0.2) is 4.39 Å². The lowest BCUT2D eigenvalue weighted by atomic mass is 9.97. The van der Waals surface area contributed by atoms with Gasteiger partial charge in [0, 0.05) is 37.8 Å². The van der Waals surface area contributed by atoms with Crippen LogP contribution in [0.1, 0.15) is 43.4 Å². The number of piperazine rings is 1. The van der Waals surface area contributed by atoms with Crippen LogP contribution in [-0.4, -0.2) is 31.1 Å². The van der Waals surface area contributed by atoms with E-state index in [0.717, 1.165) is 56.6 Å². The van der Waals surface area contributed by atoms with Crippen LogP contribution in [-0.2, 0) is 0 Å². The lowest BCUT2D eigenvalue weighted by Crippen LogP contribution is -2.45. The van der Waals surface area contributed by atoms with Crippen molar-refractivity contribution in [1.29, 1.82) is 0 Å². The molecule has 0 bridgehead atoms. The fourth-order valence-electron chi connectivity index (χ4n) is 2.83. The number of rotatable bonds is 5. The van der Waals surface area contributed by atoms with Crippen molar-refractivity contribution in [1.82, 2.24) is 10.2 Å². The first kappa shape index (κ1) is 14.5. The second-order valence-electron chi connectivity index (χ2n) is 5.47. The molecule has 1 N–H and O–H groups in total. The van der Waals surface area contributed by atoms with Gasteiger partial charge in [0.2, 0.25) is 0 Å². The molecule has 0 aliphatic carbocycles. The summed E-state index contributed by atoms with van der Waals surface area (Å²) < 4.78 is 14.2. The lowest BCUT2D eigenvalue weighted by Gasteiger charge is -2.35. The number of benzene rings is 1. The van der Waals surface area contributed by atoms with Gasteiger partial charge in [0.15, 0.2) is 0 Å². The minimum absolute atomic E-state index is 0.0420. The van der Waals surface area contributed by atoms with Crippen molar-refractivity contribution in [2.24, 2.45) is 0 Å². The Morgan fingerprint density at radius 1 is 1.32 bits per heavy atom. The molecule has 1 fully saturated rings. The first-order valence-electron chi connectivity index (χ1n) is 7.43. The van der Waals surface area contributed by atoms with E-state index in [4.69, 9.17) is 0 Å². The fourth-order valence-corrected chi connectivity index (χ4v) is 2.83. The van der Waals surface area contributed by atoms with Crippen molar-refractivity contribution in [3.05, 3.63) is 35.1 Å². The molecule has 0 saturated carbocycles. The van der Waals surface area contributed by atoms with Crippen LogP contribution in [0.5, 0.6) is 0 Å². The molecule has 1 saturated heterocycles. The zero-order chi connectivity index (χ0) is 13.7. The summed E-state index contributed by atoms with van der Waals surface area (Å²) in [5, 5.41) is 3.37. The Morgan fingerprint density at radius 3 is 2.68 bits per heavy atom. The molecule has 3 heteroatoms. The lowest BCUT2D eigenvalue weighted by molar-refractivity contribution is 0.160. The predicted molar refractivity (Wildman–Crippen MR) is 77.8 cm³/mol. The highest BCUT2D eigenvalue weighted by molar-refractivity contribution is 5.26. The minimum Gasteiger partial charge on any atom is -0.314 e. The van der Waals surface area contributed by atoms with Gasteiger partial charge in [0.1, 0.15) is 5.82 Å². The first-order valence-corrected chi connectivity index (χ1v) is 7.43. The van der Waals surface area contributed by atoms with Crippen molar-refractivity contribution in [3.63, 3.8) is 0 Å². The highest BCUT2D eigenvalue weighted by Crippen LogP contribution is 2.29. The van der Waals surface area contributed by atoms with Gasteiger partial charge < -0.3 is 5.32 Å². The van der Waals surface area contributed by atoms with Crippen LogP contribution in [0.2, 0.25) is 0 Å². The average molecular weight is 264 g/mol. The van der Waals surface area contributed by atoms with Crippen molar-refractivity contribution >= 4 is 0 Å². The molecular weight excluding hydrogens is 239 g/mol. The third-order valence-electron chi connectivity index (χ3n) is 3.94. The third kappa shape index (κ3) is 3.77. The quantitative estimate of drug-likeness (QED) is 0.878. The van der Waals surface area contributed by atoms with Gasteiger partial charge in [0.05, 0.1) is 0 Å². The Balaban J connectivity index is 2.19. The van der Waals surface area contributed by atoms with E-state index >= 15 is 0 Å². The Bertz CT molecular complexity index is 400. The van der Waals surface area contributed by atoms with Crippen molar-refractivity contribution in [2.75, 3.05) is 26.2 Å². The maximum absolute atomic E-state index is 14.2. The molecular formula is C16H25FN2. The second-order valence-corrected chi connectivity index (χ2v) is 5.47. The summed E-state index contributed by atoms with van der Waals surface area (Å²) >= 11 is 0. The highest BCUT2D eigenvalue weighted by Gasteiger charge is 2.23. The van der Waals surface area contributed by atoms with E-state index in [0.29, 0.717) is 0 Å². The van der Waals surface area contributed by atoms with Gasteiger partial charge in [-0.2, -0.15) is 0 Å². The Kier molecular flexibility index (Phi) is 5.34. The molecule has 19 heavy (non-hydrogen) atoms. The van der Waals surface area contributed by atoms with Gasteiger partial charge in [-0.15, -0.1) is 0 Å². The minimum atomic E-state index is -0.0420. The molecule has 1 aliphatic heterocycles. The van der Waals surface area contributed by atoms with Gasteiger partial charge in [-0.1, -0.05) is 31.9 Å². The molecule has 1 heterocycles. The van der Waals surface area contributed by atoms with E-state index < -0.39 is 0 Å². The second kappa shape index (κ2) is 7.01. The first-order chi connectivity index (χ1) is 9.22. The van der Waals surface area contributed by atoms with Crippen LogP contribution in [0, 0.1) is 12.7 Å². The zero-order valence-electron chi connectivity index (χ0n) is 12.1. The van der Waals surface area contributed by atoms with Crippen molar-refractivity contribution in [2.45, 2.75) is 39.2 Å². The van der Waals surface area contributed by atoms with Gasteiger partial charge in [-0.3, -0.25) is 4.90 Å². The van der Waals surface area contributed by atoms with Crippen molar-refractivity contribution < 1.29 is 4.39 Å². The zero-order valence-corrected chi connectivity index (χ0v) is 12.1. The highest BCUT2D eigenvalue weighted by atomic mass is 19.1. The molecule has 106 valence electrons. The molecule has 0 spiro atoms. The van der Waals surface area contributed by atoms with E-state index in [-0.39, 0.29) is 11.9 Å². The number of aryl methyl sites for hydroxylation is 1. The molecule has 1 atom stereocenters. The van der Waals surface area contributed by atoms with E-state index in [1.807, 2.05) is 19.1 Å². The number of nitrogens with one attached hydrogen (secondary N) is 1. The summed E-state index contributed by atoms with van der Waals surface area (Å²) in [6, 6.07) is 5.91. The Morgan fingerprint density at radius 2 is 2.05 bits per heavy atom. The summed E-state index contributed by atoms with van der Waals surface area (Å²) in [5.41, 5.74) is 1.87. The molecule has 1 aromatic carbocycles. The van der Waals surface area contributed by atoms with Crippen molar-refractivity contribution in [3.8, 4) is 0 Å². The summed E-state index contributed by atoms with van der Waals surface area (Å²) in [6.07, 6.45) is 3.37. The summed E-state index contributed by atoms with van der Waals surface area (Å²) in [5.74, 6) is -0.0420. The maximum Gasteiger partial charge on any atom is 0.128 e. The van der Waals surface area contributed by atoms with Gasteiger partial charge >= 0.3 is 0 Å². The monoisotopic (exact) mass is 264 g/mol. The SMILES string of the molecule is CCCC[C@@H](c1ccc(C)cc1F)N1CCNCC1. The van der Waals surface area contributed by atoms with Crippen LogP contribution < -0.4 is 5.32 Å². The summed E-state index contributed by atoms with van der Waals surface area (Å²) in [4.78, 5) is 2.43. The molecule has 1 aromatic rings. The summed E-state index contributed by atoms with van der Waals surface area (Å²) in [7, 11) is 0. The molecule has 0 aromatic heterocycles. The molecule has 2 rings (SSSR count). The van der Waals surface area contributed by atoms with Gasteiger partial charge in [0.25, 0.3) is 0 Å². The Labute approximate surface area is 116 Å². The van der Waals surface area contributed by atoms with Crippen LogP contribution in [0.15, 0.2) is 18.2 Å². The number of halogens is 1. The fraction of sp³-hybridized carbons (Fsp3) is 0.625. The Hall–Kier alpha value is -0.930. The van der Waals surface area contributed by atoms with Crippen LogP contribution in [0.3, 0.4) is 0 Å². The number of hydrogen-bond donors (Lipinski definition) is 1. The van der Waals surface area contributed by atoms with Crippen LogP contribution in [0.25, 0.3) is 0 Å². The van der Waals surface area contributed by atoms with Crippen LogP contribution >= 0.6 is 0 Å². The maximum atomic E-state index is 14.2. The normalized spacial score (nSPS) is 18.5. The van der Waals surface area contributed by atoms with E-state index in [1.54, 1.807) is 6.07 Å². The molecule has 1 aliphatic rings. The number of hydrogen-bond acceptors (Lipinski definition) is 2. The number of unbranched alkanes of at least 4 members (excludes halogenated alkanes) is 1. The van der Waals surface area contributed by atoms with Crippen LogP contribution in [0.4, 0.5) is 4.39 Å². The van der Waals surface area contributed by atoms with E-state index in [9.17, 15) is 4.39 Å². The van der Waals surface area contributed by atoms with Gasteiger partial charge in [-0.05, 0) is 25.0 Å². The molecule has 0 unspecified atom stereocenters. The number of nitrogens with zero attached hydrogens (tertiary/aromatic N) is 1. The summed E-state index contributed by atoms with van der Waals surface area (Å²) in [6.45, 7) is 8.19. The standard InChI is InChI=1S/C16H25FN2/c1-3-4-5-16(19-10-8-18-9-11-19)14-7-6-13(2)12-15(14)17/h6-7,12,16,18H,3-5,8-11H2,1-2H3/t16-/m0/s1. The predicted octanol–water partition coefficient (Wildman–Crippen LogP) is 3.27. The average Bonchev–Trinajstić information content (AvgIpc) is 2.42. The third-order valence-corrected chi connectivity index (χ3v) is 3.94. The largest absolute Gasteiger partial charge is 0.314 e. The topological polar surface area (TPSA) is 15.3 Å². The van der Waals surface area contributed by atoms with E-state index in [2.05, 4.69) is 17.1 Å². The molecule has 0 radical (unpaired) electrons. The smallest absolute Gasteiger partial charge is 0.128 e. The van der Waals surface area contributed by atoms with E-state index in [1.165, 1.54) is 0 Å².